The van der Waals surface area contributed by atoms with Crippen molar-refractivity contribution in [3.05, 3.63) is 24.0 Å². The van der Waals surface area contributed by atoms with Gasteiger partial charge in [-0.25, -0.2) is 22.9 Å². The molecule has 1 saturated heterocycles. The Hall–Kier alpha value is -2.18. The Bertz CT molecular complexity index is 698. The van der Waals surface area contributed by atoms with Gasteiger partial charge in [-0.2, -0.15) is 5.26 Å². The fourth-order valence-corrected chi connectivity index (χ4v) is 3.65. The molecule has 0 radical (unpaired) electrons. The molecule has 0 spiro atoms. The SMILES string of the molecule is CCNC(=O)N1CC[C@H](NS(=O)(=O)c2cccnc2C#N)C1. The predicted octanol–water partition coefficient (Wildman–Crippen LogP) is 0.0354. The minimum absolute atomic E-state index is 0.144. The third kappa shape index (κ3) is 3.52. The maximum absolute atomic E-state index is 12.3. The van der Waals surface area contributed by atoms with E-state index in [1.165, 1.54) is 18.3 Å². The molecule has 1 aliphatic heterocycles. The number of hydrogen-bond acceptors (Lipinski definition) is 5. The second-order valence-corrected chi connectivity index (χ2v) is 6.53. The molecule has 1 aliphatic rings. The van der Waals surface area contributed by atoms with Gasteiger partial charge in [0.1, 0.15) is 11.0 Å². The topological polar surface area (TPSA) is 115 Å². The molecule has 2 heterocycles. The van der Waals surface area contributed by atoms with Crippen LogP contribution in [0.2, 0.25) is 0 Å². The van der Waals surface area contributed by atoms with Crippen LogP contribution in [-0.2, 0) is 10.0 Å². The normalized spacial score (nSPS) is 18.0. The molecule has 2 rings (SSSR count). The molecule has 1 fully saturated rings. The van der Waals surface area contributed by atoms with E-state index in [4.69, 9.17) is 5.26 Å². The van der Waals surface area contributed by atoms with E-state index in [1.807, 2.05) is 6.92 Å². The highest BCUT2D eigenvalue weighted by Crippen LogP contribution is 2.16. The molecule has 1 aromatic heterocycles. The van der Waals surface area contributed by atoms with Crippen molar-refractivity contribution in [3.63, 3.8) is 0 Å². The van der Waals surface area contributed by atoms with Gasteiger partial charge in [-0.15, -0.1) is 0 Å². The number of likely N-dealkylation sites (tertiary alicyclic amines) is 1. The number of nitrogens with one attached hydrogen (secondary N) is 2. The van der Waals surface area contributed by atoms with Gasteiger partial charge in [0.25, 0.3) is 0 Å². The van der Waals surface area contributed by atoms with Gasteiger partial charge in [0.05, 0.1) is 0 Å². The summed E-state index contributed by atoms with van der Waals surface area (Å²) in [7, 11) is -3.84. The lowest BCUT2D eigenvalue weighted by atomic mass is 10.3. The van der Waals surface area contributed by atoms with Gasteiger partial charge in [-0.3, -0.25) is 0 Å². The van der Waals surface area contributed by atoms with E-state index < -0.39 is 10.0 Å². The largest absolute Gasteiger partial charge is 0.338 e. The number of amides is 2. The number of nitriles is 1. The summed E-state index contributed by atoms with van der Waals surface area (Å²) in [6.45, 7) is 3.12. The minimum atomic E-state index is -3.84. The van der Waals surface area contributed by atoms with Gasteiger partial charge in [0.15, 0.2) is 5.69 Å². The molecule has 9 heteroatoms. The van der Waals surface area contributed by atoms with Gasteiger partial charge in [-0.1, -0.05) is 0 Å². The summed E-state index contributed by atoms with van der Waals surface area (Å²) in [4.78, 5) is 16.9. The highest BCUT2D eigenvalue weighted by atomic mass is 32.2. The maximum Gasteiger partial charge on any atom is 0.317 e. The molecule has 0 saturated carbocycles. The van der Waals surface area contributed by atoms with Crippen molar-refractivity contribution in [2.24, 2.45) is 0 Å². The predicted molar refractivity (Wildman–Crippen MR) is 78.3 cm³/mol. The van der Waals surface area contributed by atoms with E-state index in [-0.39, 0.29) is 22.7 Å². The van der Waals surface area contributed by atoms with Crippen molar-refractivity contribution in [2.75, 3.05) is 19.6 Å². The molecule has 0 bridgehead atoms. The van der Waals surface area contributed by atoms with Crippen LogP contribution in [0.1, 0.15) is 19.0 Å². The Labute approximate surface area is 129 Å². The number of rotatable bonds is 4. The van der Waals surface area contributed by atoms with Crippen molar-refractivity contribution in [3.8, 4) is 6.07 Å². The van der Waals surface area contributed by atoms with Crippen molar-refractivity contribution in [1.29, 1.82) is 5.26 Å². The van der Waals surface area contributed by atoms with Gasteiger partial charge in [0.2, 0.25) is 10.0 Å². The third-order valence-corrected chi connectivity index (χ3v) is 4.84. The highest BCUT2D eigenvalue weighted by molar-refractivity contribution is 7.89. The Morgan fingerprint density at radius 1 is 1.59 bits per heavy atom. The van der Waals surface area contributed by atoms with Gasteiger partial charge in [0, 0.05) is 31.9 Å². The first kappa shape index (κ1) is 16.2. The van der Waals surface area contributed by atoms with E-state index in [9.17, 15) is 13.2 Å². The second kappa shape index (κ2) is 6.72. The number of hydrogen-bond donors (Lipinski definition) is 2. The Kier molecular flexibility index (Phi) is 4.95. The molecule has 8 nitrogen and oxygen atoms in total. The van der Waals surface area contributed by atoms with Crippen LogP contribution in [0.5, 0.6) is 0 Å². The van der Waals surface area contributed by atoms with Gasteiger partial charge >= 0.3 is 6.03 Å². The summed E-state index contributed by atoms with van der Waals surface area (Å²) in [6.07, 6.45) is 1.89. The lowest BCUT2D eigenvalue weighted by Gasteiger charge is -2.17. The van der Waals surface area contributed by atoms with Gasteiger partial charge in [-0.05, 0) is 25.5 Å². The first-order valence-corrected chi connectivity index (χ1v) is 8.36. The number of nitrogens with zero attached hydrogens (tertiary/aromatic N) is 3. The monoisotopic (exact) mass is 323 g/mol. The summed E-state index contributed by atoms with van der Waals surface area (Å²) < 4.78 is 27.2. The summed E-state index contributed by atoms with van der Waals surface area (Å²) in [5.74, 6) is 0. The zero-order valence-electron chi connectivity index (χ0n) is 12.1. The van der Waals surface area contributed by atoms with E-state index in [0.717, 1.165) is 0 Å². The summed E-state index contributed by atoms with van der Waals surface area (Å²) in [6, 6.07) is 3.99. The smallest absolute Gasteiger partial charge is 0.317 e. The van der Waals surface area contributed by atoms with Crippen LogP contribution < -0.4 is 10.0 Å². The van der Waals surface area contributed by atoms with Crippen LogP contribution in [0.3, 0.4) is 0 Å². The van der Waals surface area contributed by atoms with Crippen LogP contribution in [0.15, 0.2) is 23.2 Å². The highest BCUT2D eigenvalue weighted by Gasteiger charge is 2.30. The van der Waals surface area contributed by atoms with Crippen molar-refractivity contribution in [2.45, 2.75) is 24.3 Å². The van der Waals surface area contributed by atoms with E-state index >= 15 is 0 Å². The first-order valence-electron chi connectivity index (χ1n) is 6.88. The number of carbonyl (C=O) groups is 1. The molecule has 22 heavy (non-hydrogen) atoms. The molecule has 0 aliphatic carbocycles. The molecule has 0 aromatic carbocycles. The minimum Gasteiger partial charge on any atom is -0.338 e. The lowest BCUT2D eigenvalue weighted by Crippen LogP contribution is -2.42. The second-order valence-electron chi connectivity index (χ2n) is 4.85. The Balaban J connectivity index is 2.08. The molecule has 1 aromatic rings. The first-order chi connectivity index (χ1) is 10.5. The summed E-state index contributed by atoms with van der Waals surface area (Å²) in [5.41, 5.74) is -0.145. The number of pyridine rings is 1. The molecule has 2 amide bonds. The van der Waals surface area contributed by atoms with Crippen LogP contribution >= 0.6 is 0 Å². The lowest BCUT2D eigenvalue weighted by molar-refractivity contribution is 0.208. The van der Waals surface area contributed by atoms with Crippen LogP contribution in [0.4, 0.5) is 4.79 Å². The van der Waals surface area contributed by atoms with Crippen molar-refractivity contribution >= 4 is 16.1 Å². The molecule has 1 atom stereocenters. The fraction of sp³-hybridized carbons (Fsp3) is 0.462. The van der Waals surface area contributed by atoms with E-state index in [0.29, 0.717) is 26.1 Å². The zero-order chi connectivity index (χ0) is 16.2. The van der Waals surface area contributed by atoms with Crippen LogP contribution in [0, 0.1) is 11.3 Å². The van der Waals surface area contributed by atoms with Gasteiger partial charge < -0.3 is 10.2 Å². The standard InChI is InChI=1S/C13H17N5O3S/c1-2-15-13(19)18-7-5-10(9-18)17-22(20,21)12-4-3-6-16-11(12)8-14/h3-4,6,10,17H,2,5,7,9H2,1H3,(H,15,19)/t10-/m0/s1. The average Bonchev–Trinajstić information content (AvgIpc) is 2.95. The number of urea groups is 1. The Morgan fingerprint density at radius 3 is 3.05 bits per heavy atom. The third-order valence-electron chi connectivity index (χ3n) is 3.29. The van der Waals surface area contributed by atoms with Crippen molar-refractivity contribution < 1.29 is 13.2 Å². The average molecular weight is 323 g/mol. The van der Waals surface area contributed by atoms with E-state index in [1.54, 1.807) is 11.0 Å². The Morgan fingerprint density at radius 2 is 2.36 bits per heavy atom. The van der Waals surface area contributed by atoms with Crippen LogP contribution in [0.25, 0.3) is 0 Å². The summed E-state index contributed by atoms with van der Waals surface area (Å²) in [5, 5.41) is 11.6. The van der Waals surface area contributed by atoms with Crippen LogP contribution in [-0.4, -0.2) is 50.0 Å². The fourth-order valence-electron chi connectivity index (χ4n) is 2.28. The zero-order valence-corrected chi connectivity index (χ0v) is 12.9. The molecule has 2 N–H and O–H groups in total. The quantitative estimate of drug-likeness (QED) is 0.811. The molecular formula is C13H17N5O3S. The molecular weight excluding hydrogens is 306 g/mol. The number of aromatic nitrogens is 1. The number of carbonyl (C=O) groups excluding carboxylic acids is 1. The van der Waals surface area contributed by atoms with Crippen molar-refractivity contribution in [1.82, 2.24) is 19.9 Å². The summed E-state index contributed by atoms with van der Waals surface area (Å²) >= 11 is 0. The molecule has 0 unspecified atom stereocenters. The molecule has 118 valence electrons. The van der Waals surface area contributed by atoms with E-state index in [2.05, 4.69) is 15.0 Å². The maximum atomic E-state index is 12.3. The number of sulfonamides is 1.